The number of para-hydroxylation sites is 2. The zero-order chi connectivity index (χ0) is 32.8. The Morgan fingerprint density at radius 1 is 0.620 bits per heavy atom. The van der Waals surface area contributed by atoms with Crippen molar-refractivity contribution in [2.75, 3.05) is 5.32 Å². The van der Waals surface area contributed by atoms with E-state index in [9.17, 15) is 0 Å². The van der Waals surface area contributed by atoms with Crippen molar-refractivity contribution < 1.29 is 0 Å². The van der Waals surface area contributed by atoms with E-state index < -0.39 is 0 Å². The Hall–Kier alpha value is -6.30. The van der Waals surface area contributed by atoms with Gasteiger partial charge in [0, 0.05) is 31.8 Å². The fourth-order valence-electron chi connectivity index (χ4n) is 7.76. The summed E-state index contributed by atoms with van der Waals surface area (Å²) in [6.07, 6.45) is 4.49. The van der Waals surface area contributed by atoms with Crippen LogP contribution in [0.25, 0.3) is 87.1 Å². The van der Waals surface area contributed by atoms with Crippen molar-refractivity contribution in [2.24, 2.45) is 0 Å². The quantitative estimate of drug-likeness (QED) is 0.206. The third kappa shape index (κ3) is 4.11. The number of benzene rings is 6. The van der Waals surface area contributed by atoms with Gasteiger partial charge in [-0.25, -0.2) is 9.97 Å². The molecule has 1 aliphatic heterocycles. The molecule has 6 aromatic carbocycles. The van der Waals surface area contributed by atoms with Gasteiger partial charge in [-0.3, -0.25) is 4.40 Å². The Morgan fingerprint density at radius 2 is 1.42 bits per heavy atom. The van der Waals surface area contributed by atoms with Gasteiger partial charge >= 0.3 is 0 Å². The molecular weight excluding hydrogens is 629 g/mol. The molecule has 1 N–H and O–H groups in total. The maximum absolute atomic E-state index is 5.15. The van der Waals surface area contributed by atoms with Crippen LogP contribution in [0.15, 0.2) is 152 Å². The summed E-state index contributed by atoms with van der Waals surface area (Å²) < 4.78 is 3.64. The van der Waals surface area contributed by atoms with E-state index in [-0.39, 0.29) is 6.04 Å². The minimum absolute atomic E-state index is 0.0210. The molecule has 0 radical (unpaired) electrons. The molecule has 11 rings (SSSR count). The molecule has 10 aromatic rings. The standard InChI is InChI=1S/C45H28N4S/c1-2-9-27(10-3-1)36-22-19-28-17-18-29-20-23-37(47-43(29)42(28)46-36)32-12-8-11-30(25-32)31-21-24-40-35(26-31)41-33-13-4-5-14-34(33)44-48-38-15-6-7-16-39(38)49(44)45(41)50-40/h1-26,37,47H. The highest BCUT2D eigenvalue weighted by Crippen LogP contribution is 2.43. The summed E-state index contributed by atoms with van der Waals surface area (Å²) in [6, 6.07) is 52.1. The molecule has 50 heavy (non-hydrogen) atoms. The molecule has 0 saturated heterocycles. The number of hydrogen-bond acceptors (Lipinski definition) is 4. The summed E-state index contributed by atoms with van der Waals surface area (Å²) in [6.45, 7) is 0. The van der Waals surface area contributed by atoms with Crippen LogP contribution in [0.1, 0.15) is 17.2 Å². The van der Waals surface area contributed by atoms with Crippen LogP contribution in [-0.4, -0.2) is 14.4 Å². The van der Waals surface area contributed by atoms with Crippen LogP contribution in [0.4, 0.5) is 5.69 Å². The molecule has 0 amide bonds. The fourth-order valence-corrected chi connectivity index (χ4v) is 8.98. The van der Waals surface area contributed by atoms with E-state index in [0.717, 1.165) is 50.1 Å². The van der Waals surface area contributed by atoms with Crippen LogP contribution in [0, 0.1) is 0 Å². The summed E-state index contributed by atoms with van der Waals surface area (Å²) in [7, 11) is 0. The number of thiophene rings is 1. The van der Waals surface area contributed by atoms with Crippen molar-refractivity contribution in [1.29, 1.82) is 0 Å². The third-order valence-electron chi connectivity index (χ3n) is 10.2. The molecule has 4 aromatic heterocycles. The molecular formula is C45H28N4S. The van der Waals surface area contributed by atoms with Gasteiger partial charge in [0.25, 0.3) is 0 Å². The number of imidazole rings is 1. The summed E-state index contributed by atoms with van der Waals surface area (Å²) in [4.78, 5) is 11.5. The first kappa shape index (κ1) is 27.6. The number of rotatable bonds is 3. The second kappa shape index (κ2) is 10.6. The molecule has 0 aliphatic carbocycles. The fraction of sp³-hybridized carbons (Fsp3) is 0.0222. The highest BCUT2D eigenvalue weighted by Gasteiger charge is 2.20. The predicted octanol–water partition coefficient (Wildman–Crippen LogP) is 12.1. The van der Waals surface area contributed by atoms with Gasteiger partial charge < -0.3 is 5.32 Å². The third-order valence-corrected chi connectivity index (χ3v) is 11.3. The Labute approximate surface area is 291 Å². The lowest BCUT2D eigenvalue weighted by Crippen LogP contribution is -2.13. The molecule has 0 bridgehead atoms. The van der Waals surface area contributed by atoms with E-state index in [1.807, 2.05) is 17.4 Å². The predicted molar refractivity (Wildman–Crippen MR) is 211 cm³/mol. The van der Waals surface area contributed by atoms with E-state index in [4.69, 9.17) is 9.97 Å². The highest BCUT2D eigenvalue weighted by molar-refractivity contribution is 7.25. The second-order valence-corrected chi connectivity index (χ2v) is 14.1. The van der Waals surface area contributed by atoms with E-state index in [1.165, 1.54) is 47.8 Å². The van der Waals surface area contributed by atoms with E-state index in [0.29, 0.717) is 0 Å². The molecule has 0 fully saturated rings. The van der Waals surface area contributed by atoms with Crippen molar-refractivity contribution in [2.45, 2.75) is 6.04 Å². The second-order valence-electron chi connectivity index (χ2n) is 13.1. The molecule has 0 spiro atoms. The van der Waals surface area contributed by atoms with Crippen molar-refractivity contribution in [3.63, 3.8) is 0 Å². The lowest BCUT2D eigenvalue weighted by molar-refractivity contribution is 0.981. The van der Waals surface area contributed by atoms with E-state index in [2.05, 4.69) is 161 Å². The minimum Gasteiger partial charge on any atom is -0.372 e. The average molecular weight is 657 g/mol. The maximum atomic E-state index is 5.15. The van der Waals surface area contributed by atoms with Crippen molar-refractivity contribution in [3.8, 4) is 22.4 Å². The molecule has 4 nitrogen and oxygen atoms in total. The normalized spacial score (nSPS) is 14.3. The van der Waals surface area contributed by atoms with Gasteiger partial charge in [-0.05, 0) is 64.0 Å². The van der Waals surface area contributed by atoms with Crippen molar-refractivity contribution >= 4 is 81.8 Å². The van der Waals surface area contributed by atoms with Crippen LogP contribution in [0.5, 0.6) is 0 Å². The molecule has 1 aliphatic rings. The molecule has 1 unspecified atom stereocenters. The first-order chi connectivity index (χ1) is 24.8. The van der Waals surface area contributed by atoms with E-state index >= 15 is 0 Å². The SMILES string of the molecule is C1=CC(c2cccc(-c3ccc4sc5c(c4c3)c3ccccc3c3nc4ccccc4n35)c2)Nc2c1ccc1ccc(-c3ccccc3)nc21. The Kier molecular flexibility index (Phi) is 5.86. The molecule has 0 saturated carbocycles. The minimum atomic E-state index is 0.0210. The Morgan fingerprint density at radius 3 is 2.36 bits per heavy atom. The number of pyridine rings is 2. The molecule has 5 heterocycles. The smallest absolute Gasteiger partial charge is 0.147 e. The zero-order valence-corrected chi connectivity index (χ0v) is 27.7. The van der Waals surface area contributed by atoms with Crippen LogP contribution in [0.2, 0.25) is 0 Å². The largest absolute Gasteiger partial charge is 0.372 e. The first-order valence-corrected chi connectivity index (χ1v) is 17.8. The maximum Gasteiger partial charge on any atom is 0.147 e. The van der Waals surface area contributed by atoms with E-state index in [1.54, 1.807) is 0 Å². The summed E-state index contributed by atoms with van der Waals surface area (Å²) >= 11 is 1.85. The number of fused-ring (bicyclic) bond motifs is 13. The van der Waals surface area contributed by atoms with Gasteiger partial charge in [-0.15, -0.1) is 11.3 Å². The van der Waals surface area contributed by atoms with Crippen LogP contribution < -0.4 is 5.32 Å². The van der Waals surface area contributed by atoms with Gasteiger partial charge in [-0.2, -0.15) is 0 Å². The van der Waals surface area contributed by atoms with Crippen LogP contribution in [0.3, 0.4) is 0 Å². The molecule has 234 valence electrons. The average Bonchev–Trinajstić information content (AvgIpc) is 3.77. The van der Waals surface area contributed by atoms with Crippen LogP contribution >= 0.6 is 11.3 Å². The van der Waals surface area contributed by atoms with Crippen molar-refractivity contribution in [1.82, 2.24) is 14.4 Å². The number of aromatic nitrogens is 3. The monoisotopic (exact) mass is 656 g/mol. The Bertz CT molecular complexity index is 3020. The topological polar surface area (TPSA) is 42.2 Å². The first-order valence-electron chi connectivity index (χ1n) is 17.0. The lowest BCUT2D eigenvalue weighted by atomic mass is 9.95. The number of anilines is 1. The van der Waals surface area contributed by atoms with Gasteiger partial charge in [0.15, 0.2) is 0 Å². The Balaban J connectivity index is 1.02. The van der Waals surface area contributed by atoms with Gasteiger partial charge in [-0.1, -0.05) is 121 Å². The number of nitrogens with one attached hydrogen (secondary N) is 1. The zero-order valence-electron chi connectivity index (χ0n) is 26.8. The summed E-state index contributed by atoms with van der Waals surface area (Å²) in [5.74, 6) is 0. The van der Waals surface area contributed by atoms with Gasteiger partial charge in [0.2, 0.25) is 0 Å². The van der Waals surface area contributed by atoms with Crippen molar-refractivity contribution in [3.05, 3.63) is 163 Å². The van der Waals surface area contributed by atoms with Gasteiger partial charge in [0.1, 0.15) is 10.5 Å². The number of hydrogen-bond donors (Lipinski definition) is 1. The molecule has 5 heteroatoms. The summed E-state index contributed by atoms with van der Waals surface area (Å²) in [5, 5.41) is 9.97. The number of nitrogens with zero attached hydrogens (tertiary/aromatic N) is 3. The highest BCUT2D eigenvalue weighted by atomic mass is 32.1. The summed E-state index contributed by atoms with van der Waals surface area (Å²) in [5.41, 5.74) is 12.1. The lowest BCUT2D eigenvalue weighted by Gasteiger charge is -2.24. The molecule has 1 atom stereocenters. The van der Waals surface area contributed by atoms with Gasteiger partial charge in [0.05, 0.1) is 34.0 Å². The van der Waals surface area contributed by atoms with Crippen LogP contribution in [-0.2, 0) is 0 Å².